The summed E-state index contributed by atoms with van der Waals surface area (Å²) in [6.07, 6.45) is -4.58. The van der Waals surface area contributed by atoms with Crippen molar-refractivity contribution in [1.29, 1.82) is 0 Å². The highest BCUT2D eigenvalue weighted by Crippen LogP contribution is 2.34. The van der Waals surface area contributed by atoms with Crippen LogP contribution in [0.4, 0.5) is 17.6 Å². The van der Waals surface area contributed by atoms with E-state index >= 15 is 0 Å². The lowest BCUT2D eigenvalue weighted by Crippen LogP contribution is -2.28. The maximum Gasteiger partial charge on any atom is 0.407 e. The van der Waals surface area contributed by atoms with Crippen LogP contribution in [0, 0.1) is 5.82 Å². The van der Waals surface area contributed by atoms with Crippen LogP contribution >= 0.6 is 24.0 Å². The Kier molecular flexibility index (Phi) is 4.83. The lowest BCUT2D eigenvalue weighted by molar-refractivity contribution is -0.149. The van der Waals surface area contributed by atoms with Crippen LogP contribution in [0.1, 0.15) is 11.6 Å². The number of hydrogen-bond donors (Lipinski definition) is 1. The average molecular weight is 264 g/mol. The van der Waals surface area contributed by atoms with Crippen molar-refractivity contribution in [3.05, 3.63) is 34.6 Å². The molecule has 1 nitrogen and oxygen atoms in total. The van der Waals surface area contributed by atoms with Crippen molar-refractivity contribution in [3.63, 3.8) is 0 Å². The van der Waals surface area contributed by atoms with Crippen LogP contribution in [0.15, 0.2) is 18.2 Å². The van der Waals surface area contributed by atoms with E-state index in [0.717, 1.165) is 18.2 Å². The number of nitrogens with two attached hydrogens (primary N) is 1. The quantitative estimate of drug-likeness (QED) is 0.772. The minimum absolute atomic E-state index is 0. The van der Waals surface area contributed by atoms with Gasteiger partial charge in [0.1, 0.15) is 11.9 Å². The first kappa shape index (κ1) is 14.5. The molecule has 1 atom stereocenters. The maximum absolute atomic E-state index is 12.5. The second-order valence-corrected chi connectivity index (χ2v) is 3.09. The van der Waals surface area contributed by atoms with E-state index in [0.29, 0.717) is 0 Å². The van der Waals surface area contributed by atoms with Gasteiger partial charge in [0.15, 0.2) is 0 Å². The Morgan fingerprint density at radius 2 is 1.80 bits per heavy atom. The summed E-state index contributed by atoms with van der Waals surface area (Å²) in [5, 5.41) is -0.324. The number of alkyl halides is 3. The molecule has 0 saturated heterocycles. The molecule has 0 heterocycles. The van der Waals surface area contributed by atoms with Gasteiger partial charge in [-0.2, -0.15) is 13.2 Å². The number of halogens is 6. The van der Waals surface area contributed by atoms with Crippen LogP contribution in [-0.2, 0) is 0 Å². The standard InChI is InChI=1S/C8H6ClF4N.ClH/c9-6-3-4(10)1-2-5(6)7(14)8(11,12)13;/h1-3,7H,14H2;1H. The molecule has 0 aliphatic carbocycles. The van der Waals surface area contributed by atoms with Crippen LogP contribution in [0.5, 0.6) is 0 Å². The monoisotopic (exact) mass is 263 g/mol. The van der Waals surface area contributed by atoms with E-state index in [1.54, 1.807) is 0 Å². The summed E-state index contributed by atoms with van der Waals surface area (Å²) in [6, 6.07) is 0.418. The Labute approximate surface area is 94.6 Å². The molecule has 1 aromatic carbocycles. The zero-order valence-corrected chi connectivity index (χ0v) is 8.76. The van der Waals surface area contributed by atoms with Crippen molar-refractivity contribution in [3.8, 4) is 0 Å². The normalized spacial score (nSPS) is 13.2. The number of hydrogen-bond acceptors (Lipinski definition) is 1. The van der Waals surface area contributed by atoms with Gasteiger partial charge < -0.3 is 5.73 Å². The van der Waals surface area contributed by atoms with Gasteiger partial charge in [-0.25, -0.2) is 4.39 Å². The molecule has 7 heteroatoms. The largest absolute Gasteiger partial charge is 0.407 e. The van der Waals surface area contributed by atoms with Crippen LogP contribution < -0.4 is 5.73 Å². The lowest BCUT2D eigenvalue weighted by atomic mass is 10.1. The molecule has 86 valence electrons. The highest BCUT2D eigenvalue weighted by molar-refractivity contribution is 6.31. The molecule has 0 amide bonds. The first-order valence-electron chi connectivity index (χ1n) is 3.59. The van der Waals surface area contributed by atoms with Gasteiger partial charge in [-0.1, -0.05) is 17.7 Å². The molecule has 0 aliphatic heterocycles. The summed E-state index contributed by atoms with van der Waals surface area (Å²) in [6.45, 7) is 0. The van der Waals surface area contributed by atoms with Crippen LogP contribution in [-0.4, -0.2) is 6.18 Å². The fourth-order valence-corrected chi connectivity index (χ4v) is 1.21. The van der Waals surface area contributed by atoms with E-state index in [9.17, 15) is 17.6 Å². The minimum atomic E-state index is -4.58. The predicted octanol–water partition coefficient (Wildman–Crippen LogP) is 3.46. The molecular weight excluding hydrogens is 257 g/mol. The minimum Gasteiger partial charge on any atom is -0.316 e. The Morgan fingerprint density at radius 1 is 1.27 bits per heavy atom. The van der Waals surface area contributed by atoms with Crippen molar-refractivity contribution in [2.45, 2.75) is 12.2 Å². The molecule has 0 radical (unpaired) electrons. The molecular formula is C8H7Cl2F4N. The van der Waals surface area contributed by atoms with Gasteiger partial charge in [0.05, 0.1) is 0 Å². The average Bonchev–Trinajstić information content (AvgIpc) is 2.01. The fourth-order valence-electron chi connectivity index (χ4n) is 0.930. The van der Waals surface area contributed by atoms with Gasteiger partial charge in [0, 0.05) is 5.02 Å². The molecule has 15 heavy (non-hydrogen) atoms. The Balaban J connectivity index is 0.00000196. The van der Waals surface area contributed by atoms with Crippen molar-refractivity contribution >= 4 is 24.0 Å². The van der Waals surface area contributed by atoms with Gasteiger partial charge >= 0.3 is 6.18 Å². The van der Waals surface area contributed by atoms with Crippen molar-refractivity contribution < 1.29 is 17.6 Å². The van der Waals surface area contributed by atoms with Crippen molar-refractivity contribution in [2.24, 2.45) is 5.73 Å². The van der Waals surface area contributed by atoms with Gasteiger partial charge in [-0.05, 0) is 17.7 Å². The third kappa shape index (κ3) is 3.52. The highest BCUT2D eigenvalue weighted by Gasteiger charge is 2.38. The van der Waals surface area contributed by atoms with Crippen molar-refractivity contribution in [2.75, 3.05) is 0 Å². The zero-order chi connectivity index (χ0) is 10.9. The third-order valence-corrected chi connectivity index (χ3v) is 1.98. The van der Waals surface area contributed by atoms with Crippen LogP contribution in [0.3, 0.4) is 0 Å². The fraction of sp³-hybridized carbons (Fsp3) is 0.250. The van der Waals surface area contributed by atoms with Crippen molar-refractivity contribution in [1.82, 2.24) is 0 Å². The molecule has 0 spiro atoms. The summed E-state index contributed by atoms with van der Waals surface area (Å²) >= 11 is 5.41. The van der Waals surface area contributed by atoms with Gasteiger partial charge in [0.2, 0.25) is 0 Å². The SMILES string of the molecule is Cl.NC(c1ccc(F)cc1Cl)C(F)(F)F. The molecule has 1 unspecified atom stereocenters. The summed E-state index contributed by atoms with van der Waals surface area (Å²) < 4.78 is 48.9. The molecule has 0 aromatic heterocycles. The molecule has 1 aromatic rings. The van der Waals surface area contributed by atoms with E-state index < -0.39 is 18.0 Å². The summed E-state index contributed by atoms with van der Waals surface area (Å²) in [5.74, 6) is -0.701. The molecule has 0 saturated carbocycles. The van der Waals surface area contributed by atoms with Gasteiger partial charge in [-0.3, -0.25) is 0 Å². The molecule has 0 bridgehead atoms. The first-order chi connectivity index (χ1) is 6.32. The summed E-state index contributed by atoms with van der Waals surface area (Å²) in [4.78, 5) is 0. The molecule has 0 aliphatic rings. The number of benzene rings is 1. The molecule has 2 N–H and O–H groups in total. The maximum atomic E-state index is 12.5. The van der Waals surface area contributed by atoms with Gasteiger partial charge in [-0.15, -0.1) is 12.4 Å². The van der Waals surface area contributed by atoms with Crippen LogP contribution in [0.2, 0.25) is 5.02 Å². The van der Waals surface area contributed by atoms with E-state index in [1.165, 1.54) is 0 Å². The smallest absolute Gasteiger partial charge is 0.316 e. The van der Waals surface area contributed by atoms with Crippen LogP contribution in [0.25, 0.3) is 0 Å². The predicted molar refractivity (Wildman–Crippen MR) is 51.6 cm³/mol. The first-order valence-corrected chi connectivity index (χ1v) is 3.97. The Hall–Kier alpha value is -0.520. The number of rotatable bonds is 1. The van der Waals surface area contributed by atoms with Gasteiger partial charge in [0.25, 0.3) is 0 Å². The second-order valence-electron chi connectivity index (χ2n) is 2.69. The zero-order valence-electron chi connectivity index (χ0n) is 7.18. The van der Waals surface area contributed by atoms with E-state index in [1.807, 2.05) is 0 Å². The molecule has 1 rings (SSSR count). The third-order valence-electron chi connectivity index (χ3n) is 1.65. The van der Waals surface area contributed by atoms with E-state index in [2.05, 4.69) is 0 Å². The topological polar surface area (TPSA) is 26.0 Å². The Morgan fingerprint density at radius 3 is 2.20 bits per heavy atom. The highest BCUT2D eigenvalue weighted by atomic mass is 35.5. The molecule has 0 fully saturated rings. The summed E-state index contributed by atoms with van der Waals surface area (Å²) in [5.41, 5.74) is 4.56. The Bertz CT molecular complexity index is 340. The van der Waals surface area contributed by atoms with E-state index in [4.69, 9.17) is 17.3 Å². The lowest BCUT2D eigenvalue weighted by Gasteiger charge is -2.16. The second kappa shape index (κ2) is 5.01. The summed E-state index contributed by atoms with van der Waals surface area (Å²) in [7, 11) is 0. The van der Waals surface area contributed by atoms with E-state index in [-0.39, 0.29) is 23.0 Å².